The van der Waals surface area contributed by atoms with E-state index in [4.69, 9.17) is 9.47 Å². The number of ether oxygens (including phenoxy) is 2. The molecular formula is C26H29NO6. The van der Waals surface area contributed by atoms with E-state index in [2.05, 4.69) is 12.2 Å². The van der Waals surface area contributed by atoms with Crippen molar-refractivity contribution in [3.05, 3.63) is 42.0 Å². The third kappa shape index (κ3) is 3.98. The van der Waals surface area contributed by atoms with Crippen LogP contribution in [0.4, 0.5) is 0 Å². The van der Waals surface area contributed by atoms with E-state index in [1.807, 2.05) is 0 Å². The van der Waals surface area contributed by atoms with Gasteiger partial charge >= 0.3 is 5.97 Å². The summed E-state index contributed by atoms with van der Waals surface area (Å²) in [6, 6.07) is 6.64. The lowest BCUT2D eigenvalue weighted by Gasteiger charge is -2.37. The highest BCUT2D eigenvalue weighted by Crippen LogP contribution is 2.65. The molecule has 1 heterocycles. The molecule has 5 aliphatic rings. The second kappa shape index (κ2) is 8.76. The third-order valence-corrected chi connectivity index (χ3v) is 7.79. The maximum absolute atomic E-state index is 12.9. The molecule has 2 bridgehead atoms. The Morgan fingerprint density at radius 3 is 2.18 bits per heavy atom. The van der Waals surface area contributed by atoms with Gasteiger partial charge in [-0.25, -0.2) is 0 Å². The molecule has 1 saturated heterocycles. The fourth-order valence-corrected chi connectivity index (χ4v) is 6.03. The summed E-state index contributed by atoms with van der Waals surface area (Å²) < 4.78 is 10.2. The van der Waals surface area contributed by atoms with Crippen molar-refractivity contribution in [3.8, 4) is 5.75 Å². The quantitative estimate of drug-likeness (QED) is 0.179. The normalized spacial score (nSPS) is 30.8. The Balaban J connectivity index is 1.01. The van der Waals surface area contributed by atoms with Gasteiger partial charge in [-0.2, -0.15) is 0 Å². The molecule has 7 nitrogen and oxygen atoms in total. The molecule has 1 aliphatic heterocycles. The van der Waals surface area contributed by atoms with Crippen LogP contribution in [-0.2, 0) is 19.1 Å². The molecule has 2 amide bonds. The number of hydrogen-bond donors (Lipinski definition) is 0. The minimum absolute atomic E-state index is 0.00570. The first-order valence-corrected chi connectivity index (χ1v) is 11.9. The second-order valence-corrected chi connectivity index (χ2v) is 9.61. The second-order valence-electron chi connectivity index (χ2n) is 9.61. The number of carbonyl (C=O) groups is 4. The van der Waals surface area contributed by atoms with Crippen molar-refractivity contribution < 1.29 is 28.7 Å². The van der Waals surface area contributed by atoms with Gasteiger partial charge in [-0.05, 0) is 67.2 Å². The predicted octanol–water partition coefficient (Wildman–Crippen LogP) is 3.03. The number of ketones is 1. The average molecular weight is 452 g/mol. The van der Waals surface area contributed by atoms with E-state index in [1.165, 1.54) is 4.90 Å². The fourth-order valence-electron chi connectivity index (χ4n) is 6.03. The molecule has 2 saturated carbocycles. The first-order valence-electron chi connectivity index (χ1n) is 11.9. The van der Waals surface area contributed by atoms with Gasteiger partial charge in [-0.1, -0.05) is 18.6 Å². The Kier molecular flexibility index (Phi) is 5.81. The fraction of sp³-hybridized carbons (Fsp3) is 0.538. The van der Waals surface area contributed by atoms with Gasteiger partial charge in [0.25, 0.3) is 0 Å². The van der Waals surface area contributed by atoms with E-state index in [0.717, 1.165) is 6.42 Å². The SMILES string of the molecule is COc1ccc(C(=O)COC(=O)CCCCCN2C(=O)[C@@H]3[C@H]4C=C[C@@H]([C@@H]5C[C@@H]45)[C@@H]3C2=O)cc1. The molecule has 7 heteroatoms. The molecule has 0 spiro atoms. The zero-order valence-electron chi connectivity index (χ0n) is 18.8. The summed E-state index contributed by atoms with van der Waals surface area (Å²) in [7, 11) is 1.55. The molecule has 0 N–H and O–H groups in total. The van der Waals surface area contributed by atoms with Crippen molar-refractivity contribution in [1.29, 1.82) is 0 Å². The van der Waals surface area contributed by atoms with Crippen LogP contribution < -0.4 is 4.74 Å². The zero-order valence-corrected chi connectivity index (χ0v) is 18.8. The summed E-state index contributed by atoms with van der Waals surface area (Å²) in [6.07, 6.45) is 7.71. The predicted molar refractivity (Wildman–Crippen MR) is 118 cm³/mol. The Morgan fingerprint density at radius 2 is 1.58 bits per heavy atom. The number of nitrogens with zero attached hydrogens (tertiary/aromatic N) is 1. The number of benzene rings is 1. The molecule has 1 aromatic rings. The average Bonchev–Trinajstić information content (AvgIpc) is 3.62. The Hall–Kier alpha value is -2.96. The summed E-state index contributed by atoms with van der Waals surface area (Å²) in [6.45, 7) is 0.132. The van der Waals surface area contributed by atoms with E-state index in [1.54, 1.807) is 31.4 Å². The molecule has 4 aliphatic carbocycles. The minimum atomic E-state index is -0.418. The highest BCUT2D eigenvalue weighted by atomic mass is 16.5. The number of unbranched alkanes of at least 4 members (excludes halogenated alkanes) is 2. The van der Waals surface area contributed by atoms with Crippen molar-refractivity contribution in [1.82, 2.24) is 4.90 Å². The molecule has 0 radical (unpaired) electrons. The molecule has 0 unspecified atom stereocenters. The summed E-state index contributed by atoms with van der Waals surface area (Å²) >= 11 is 0. The maximum atomic E-state index is 12.9. The van der Waals surface area contributed by atoms with Crippen LogP contribution in [0.1, 0.15) is 42.5 Å². The molecular weight excluding hydrogens is 422 g/mol. The number of Topliss-reactive ketones (excluding diaryl/α,β-unsaturated/α-hetero) is 1. The monoisotopic (exact) mass is 451 g/mol. The number of hydrogen-bond acceptors (Lipinski definition) is 6. The zero-order chi connectivity index (χ0) is 23.1. The van der Waals surface area contributed by atoms with Crippen LogP contribution in [0.2, 0.25) is 0 Å². The van der Waals surface area contributed by atoms with Crippen LogP contribution in [0, 0.1) is 35.5 Å². The Labute approximate surface area is 193 Å². The highest BCUT2D eigenvalue weighted by Gasteiger charge is 2.66. The van der Waals surface area contributed by atoms with E-state index < -0.39 is 5.97 Å². The highest BCUT2D eigenvalue weighted by molar-refractivity contribution is 6.06. The van der Waals surface area contributed by atoms with Gasteiger partial charge in [-0.15, -0.1) is 0 Å². The van der Waals surface area contributed by atoms with Gasteiger partial charge in [0.15, 0.2) is 12.4 Å². The van der Waals surface area contributed by atoms with Crippen LogP contribution in [0.15, 0.2) is 36.4 Å². The van der Waals surface area contributed by atoms with Crippen molar-refractivity contribution >= 4 is 23.6 Å². The largest absolute Gasteiger partial charge is 0.497 e. The number of esters is 1. The van der Waals surface area contributed by atoms with Crippen molar-refractivity contribution in [2.75, 3.05) is 20.3 Å². The number of methoxy groups -OCH3 is 1. The lowest BCUT2D eigenvalue weighted by molar-refractivity contribution is -0.143. The number of amides is 2. The summed E-state index contributed by atoms with van der Waals surface area (Å²) in [5, 5.41) is 0. The topological polar surface area (TPSA) is 90.0 Å². The number of imide groups is 1. The number of rotatable bonds is 10. The lowest BCUT2D eigenvalue weighted by atomic mass is 9.63. The van der Waals surface area contributed by atoms with Gasteiger partial charge in [0.2, 0.25) is 11.8 Å². The minimum Gasteiger partial charge on any atom is -0.497 e. The van der Waals surface area contributed by atoms with E-state index in [-0.39, 0.29) is 54.3 Å². The molecule has 3 fully saturated rings. The van der Waals surface area contributed by atoms with Gasteiger partial charge < -0.3 is 9.47 Å². The van der Waals surface area contributed by atoms with Gasteiger partial charge in [0.05, 0.1) is 18.9 Å². The van der Waals surface area contributed by atoms with Crippen molar-refractivity contribution in [3.63, 3.8) is 0 Å². The number of carbonyl (C=O) groups excluding carboxylic acids is 4. The Morgan fingerprint density at radius 1 is 0.939 bits per heavy atom. The van der Waals surface area contributed by atoms with E-state index in [9.17, 15) is 19.2 Å². The molecule has 6 atom stereocenters. The third-order valence-electron chi connectivity index (χ3n) is 7.79. The first-order chi connectivity index (χ1) is 16.0. The maximum Gasteiger partial charge on any atom is 0.306 e. The summed E-state index contributed by atoms with van der Waals surface area (Å²) in [5.74, 6) is 1.42. The van der Waals surface area contributed by atoms with Crippen LogP contribution in [0.5, 0.6) is 5.75 Å². The molecule has 1 aromatic carbocycles. The summed E-state index contributed by atoms with van der Waals surface area (Å²) in [5.41, 5.74) is 0.463. The standard InChI is InChI=1S/C26H29NO6/c1-32-16-8-6-15(7-9-16)21(28)14-33-22(29)5-3-2-4-12-27-25(30)23-17-10-11-18(20-13-19(17)20)24(23)26(27)31/h6-11,17-20,23-24H,2-5,12-14H2,1H3/t17-,18-,19-,20-,23-,24+/m0/s1. The summed E-state index contributed by atoms with van der Waals surface area (Å²) in [4.78, 5) is 51.4. The van der Waals surface area contributed by atoms with E-state index >= 15 is 0 Å². The smallest absolute Gasteiger partial charge is 0.306 e. The lowest BCUT2D eigenvalue weighted by Crippen LogP contribution is -2.40. The van der Waals surface area contributed by atoms with Crippen molar-refractivity contribution in [2.45, 2.75) is 32.1 Å². The number of likely N-dealkylation sites (tertiary alicyclic amines) is 1. The van der Waals surface area contributed by atoms with Gasteiger partial charge in [-0.3, -0.25) is 24.1 Å². The first kappa shape index (κ1) is 21.9. The Bertz CT molecular complexity index is 963. The number of allylic oxidation sites excluding steroid dienone is 2. The van der Waals surface area contributed by atoms with Crippen LogP contribution >= 0.6 is 0 Å². The van der Waals surface area contributed by atoms with Crippen LogP contribution in [0.25, 0.3) is 0 Å². The van der Waals surface area contributed by atoms with Crippen molar-refractivity contribution in [2.24, 2.45) is 35.5 Å². The van der Waals surface area contributed by atoms with Gasteiger partial charge in [0, 0.05) is 18.5 Å². The molecule has 6 rings (SSSR count). The molecule has 0 aromatic heterocycles. The molecule has 174 valence electrons. The molecule has 33 heavy (non-hydrogen) atoms. The van der Waals surface area contributed by atoms with Crippen LogP contribution in [-0.4, -0.2) is 48.7 Å². The van der Waals surface area contributed by atoms with Crippen LogP contribution in [0.3, 0.4) is 0 Å². The van der Waals surface area contributed by atoms with Gasteiger partial charge in [0.1, 0.15) is 5.75 Å². The van der Waals surface area contributed by atoms with E-state index in [0.29, 0.717) is 49.0 Å².